The van der Waals surface area contributed by atoms with Gasteiger partial charge in [0.05, 0.1) is 12.9 Å². The highest BCUT2D eigenvalue weighted by Crippen LogP contribution is 2.33. The molecule has 33 heavy (non-hydrogen) atoms. The van der Waals surface area contributed by atoms with Crippen LogP contribution in [0, 0.1) is 0 Å². The monoisotopic (exact) mass is 473 g/mol. The largest absolute Gasteiger partial charge is 0.394 e. The van der Waals surface area contributed by atoms with Crippen molar-refractivity contribution in [3.8, 4) is 0 Å². The van der Waals surface area contributed by atoms with E-state index < -0.39 is 31.1 Å². The Hall–Kier alpha value is -2.48. The third kappa shape index (κ3) is 4.50. The van der Waals surface area contributed by atoms with Crippen molar-refractivity contribution >= 4 is 34.7 Å². The number of ether oxygens (including phenoxy) is 1. The average Bonchev–Trinajstić information content (AvgIpc) is 3.36. The molecule has 0 bridgehead atoms. The maximum atomic E-state index is 10.4. The van der Waals surface area contributed by atoms with Crippen molar-refractivity contribution in [3.05, 3.63) is 36.7 Å². The number of nitrogen functional groups attached to an aromatic ring is 1. The molecule has 2 aliphatic rings. The number of hydrazine groups is 1. The lowest BCUT2D eigenvalue weighted by molar-refractivity contribution is -0.0511. The van der Waals surface area contributed by atoms with E-state index in [-0.39, 0.29) is 5.95 Å². The number of piperidine rings is 1. The van der Waals surface area contributed by atoms with Gasteiger partial charge in [-0.15, -0.1) is 11.8 Å². The molecule has 11 nitrogen and oxygen atoms in total. The van der Waals surface area contributed by atoms with Crippen molar-refractivity contribution in [1.82, 2.24) is 24.5 Å². The van der Waals surface area contributed by atoms with Gasteiger partial charge in [-0.3, -0.25) is 4.57 Å². The van der Waals surface area contributed by atoms with E-state index in [9.17, 15) is 15.3 Å². The number of hydrogen-bond donors (Lipinski definition) is 5. The van der Waals surface area contributed by atoms with Gasteiger partial charge in [-0.25, -0.2) is 9.99 Å². The molecular weight excluding hydrogens is 446 g/mol. The summed E-state index contributed by atoms with van der Waals surface area (Å²) in [6.07, 6.45) is -0.796. The molecule has 5 rings (SSSR count). The number of benzene rings is 1. The SMILES string of the molecule is Nc1nc(NN2CCC(Sc3ccccc3)CC2)c2ncn([C@@H]3O[C@H](CO)[C@@H](O)[C@H]3O)c2n1. The summed E-state index contributed by atoms with van der Waals surface area (Å²) < 4.78 is 7.12. The molecule has 2 aromatic heterocycles. The molecule has 2 saturated heterocycles. The fraction of sp³-hybridized carbons (Fsp3) is 0.476. The third-order valence-corrected chi connectivity index (χ3v) is 7.33. The van der Waals surface area contributed by atoms with Gasteiger partial charge in [-0.1, -0.05) is 18.2 Å². The Balaban J connectivity index is 1.30. The van der Waals surface area contributed by atoms with Gasteiger partial charge in [0.2, 0.25) is 5.95 Å². The summed E-state index contributed by atoms with van der Waals surface area (Å²) in [5.41, 5.74) is 10.1. The van der Waals surface area contributed by atoms with Gasteiger partial charge in [-0.05, 0) is 25.0 Å². The number of imidazole rings is 1. The molecular formula is C21H27N7O4S. The van der Waals surface area contributed by atoms with Crippen LogP contribution in [-0.4, -0.2) is 83.1 Å². The molecule has 0 spiro atoms. The molecule has 4 heterocycles. The zero-order chi connectivity index (χ0) is 22.9. The van der Waals surface area contributed by atoms with E-state index in [2.05, 4.69) is 49.7 Å². The summed E-state index contributed by atoms with van der Waals surface area (Å²) in [5.74, 6) is 0.519. The standard InChI is InChI=1S/C21H27N7O4S/c22-21-24-18(26-27-8-6-13(7-9-27)33-12-4-2-1-3-5-12)15-19(25-21)28(11-23-15)20-17(31)16(30)14(10-29)32-20/h1-5,11,13-14,16-17,20,29-31H,6-10H2,(H3,22,24,25,26)/t14-,16-,17-,20-/m1/s1. The van der Waals surface area contributed by atoms with Crippen LogP contribution in [0.3, 0.4) is 0 Å². The summed E-state index contributed by atoms with van der Waals surface area (Å²) in [5, 5.41) is 32.5. The molecule has 2 fully saturated rings. The van der Waals surface area contributed by atoms with E-state index in [1.807, 2.05) is 17.8 Å². The van der Waals surface area contributed by atoms with Gasteiger partial charge in [-0.2, -0.15) is 9.97 Å². The Morgan fingerprint density at radius 2 is 1.88 bits per heavy atom. The van der Waals surface area contributed by atoms with Gasteiger partial charge in [0.25, 0.3) is 0 Å². The number of rotatable bonds is 6. The zero-order valence-electron chi connectivity index (χ0n) is 17.9. The molecule has 0 unspecified atom stereocenters. The van der Waals surface area contributed by atoms with Gasteiger partial charge in [0.15, 0.2) is 23.2 Å². The molecule has 0 radical (unpaired) electrons. The molecule has 1 aromatic carbocycles. The number of aliphatic hydroxyl groups excluding tert-OH is 3. The lowest BCUT2D eigenvalue weighted by Gasteiger charge is -2.32. The van der Waals surface area contributed by atoms with Crippen molar-refractivity contribution < 1.29 is 20.1 Å². The van der Waals surface area contributed by atoms with Gasteiger partial charge in [0, 0.05) is 23.2 Å². The predicted molar refractivity (Wildman–Crippen MR) is 123 cm³/mol. The second-order valence-electron chi connectivity index (χ2n) is 8.21. The van der Waals surface area contributed by atoms with Crippen LogP contribution in [-0.2, 0) is 4.74 Å². The quantitative estimate of drug-likeness (QED) is 0.342. The molecule has 12 heteroatoms. The Bertz CT molecular complexity index is 1090. The average molecular weight is 474 g/mol. The maximum Gasteiger partial charge on any atom is 0.224 e. The molecule has 0 amide bonds. The minimum Gasteiger partial charge on any atom is -0.394 e. The number of nitrogens with two attached hydrogens (primary N) is 1. The number of aliphatic hydroxyl groups is 3. The van der Waals surface area contributed by atoms with Crippen LogP contribution in [0.2, 0.25) is 0 Å². The van der Waals surface area contributed by atoms with E-state index in [1.165, 1.54) is 15.8 Å². The number of nitrogens with zero attached hydrogens (tertiary/aromatic N) is 5. The Labute approximate surface area is 194 Å². The Kier molecular flexibility index (Phi) is 6.36. The summed E-state index contributed by atoms with van der Waals surface area (Å²) in [7, 11) is 0. The first kappa shape index (κ1) is 22.3. The highest BCUT2D eigenvalue weighted by atomic mass is 32.2. The summed E-state index contributed by atoms with van der Waals surface area (Å²) >= 11 is 1.91. The van der Waals surface area contributed by atoms with Crippen molar-refractivity contribution in [2.24, 2.45) is 0 Å². The highest BCUT2D eigenvalue weighted by molar-refractivity contribution is 8.00. The first-order valence-electron chi connectivity index (χ1n) is 10.9. The molecule has 2 aliphatic heterocycles. The Morgan fingerprint density at radius 1 is 1.12 bits per heavy atom. The third-order valence-electron chi connectivity index (χ3n) is 5.98. The van der Waals surface area contributed by atoms with Crippen LogP contribution in [0.25, 0.3) is 11.2 Å². The molecule has 4 atom stereocenters. The number of thioether (sulfide) groups is 1. The number of aromatic nitrogens is 4. The maximum absolute atomic E-state index is 10.4. The van der Waals surface area contributed by atoms with Crippen LogP contribution in [0.1, 0.15) is 19.1 Å². The molecule has 0 aliphatic carbocycles. The number of fused-ring (bicyclic) bond motifs is 1. The lowest BCUT2D eigenvalue weighted by Crippen LogP contribution is -2.39. The fourth-order valence-corrected chi connectivity index (χ4v) is 5.38. The second kappa shape index (κ2) is 9.41. The van der Waals surface area contributed by atoms with Crippen LogP contribution in [0.4, 0.5) is 11.8 Å². The fourth-order valence-electron chi connectivity index (χ4n) is 4.23. The topological polar surface area (TPSA) is 155 Å². The minimum atomic E-state index is -1.24. The first-order valence-corrected chi connectivity index (χ1v) is 11.8. The van der Waals surface area contributed by atoms with E-state index in [1.54, 1.807) is 0 Å². The predicted octanol–water partition coefficient (Wildman–Crippen LogP) is 0.604. The molecule has 0 saturated carbocycles. The van der Waals surface area contributed by atoms with Gasteiger partial charge >= 0.3 is 0 Å². The van der Waals surface area contributed by atoms with Crippen LogP contribution < -0.4 is 11.2 Å². The zero-order valence-corrected chi connectivity index (χ0v) is 18.7. The van der Waals surface area contributed by atoms with E-state index in [0.29, 0.717) is 22.2 Å². The summed E-state index contributed by atoms with van der Waals surface area (Å²) in [6, 6.07) is 10.4. The number of hydrogen-bond acceptors (Lipinski definition) is 11. The second-order valence-corrected chi connectivity index (χ2v) is 9.59. The van der Waals surface area contributed by atoms with E-state index >= 15 is 0 Å². The summed E-state index contributed by atoms with van der Waals surface area (Å²) in [6.45, 7) is 1.26. The van der Waals surface area contributed by atoms with Crippen LogP contribution >= 0.6 is 11.8 Å². The lowest BCUT2D eigenvalue weighted by atomic mass is 10.1. The normalized spacial score (nSPS) is 26.8. The first-order chi connectivity index (χ1) is 16.0. The van der Waals surface area contributed by atoms with Gasteiger partial charge < -0.3 is 31.2 Å². The van der Waals surface area contributed by atoms with Crippen molar-refractivity contribution in [1.29, 1.82) is 0 Å². The number of anilines is 2. The summed E-state index contributed by atoms with van der Waals surface area (Å²) in [4.78, 5) is 14.3. The minimum absolute atomic E-state index is 0.0491. The van der Waals surface area contributed by atoms with Crippen LogP contribution in [0.5, 0.6) is 0 Å². The van der Waals surface area contributed by atoms with Crippen molar-refractivity contribution in [2.75, 3.05) is 30.9 Å². The number of nitrogens with one attached hydrogen (secondary N) is 1. The van der Waals surface area contributed by atoms with Crippen molar-refractivity contribution in [2.45, 2.75) is 47.5 Å². The van der Waals surface area contributed by atoms with E-state index in [4.69, 9.17) is 10.5 Å². The van der Waals surface area contributed by atoms with Gasteiger partial charge in [0.1, 0.15) is 18.3 Å². The van der Waals surface area contributed by atoms with E-state index in [0.717, 1.165) is 25.9 Å². The molecule has 176 valence electrons. The Morgan fingerprint density at radius 3 is 2.58 bits per heavy atom. The highest BCUT2D eigenvalue weighted by Gasteiger charge is 2.44. The molecule has 3 aromatic rings. The smallest absolute Gasteiger partial charge is 0.224 e. The van der Waals surface area contributed by atoms with Crippen molar-refractivity contribution in [3.63, 3.8) is 0 Å². The molecule has 6 N–H and O–H groups in total. The van der Waals surface area contributed by atoms with Crippen LogP contribution in [0.15, 0.2) is 41.6 Å².